The lowest BCUT2D eigenvalue weighted by molar-refractivity contribution is -0.153. The van der Waals surface area contributed by atoms with Crippen LogP contribution in [0.3, 0.4) is 0 Å². The number of rotatable bonds is 5. The Hall–Kier alpha value is -1.43. The van der Waals surface area contributed by atoms with Crippen LogP contribution < -0.4 is 0 Å². The highest BCUT2D eigenvalue weighted by molar-refractivity contribution is 5.89. The number of likely N-dealkylation sites (tertiary alicyclic amines) is 1. The van der Waals surface area contributed by atoms with Gasteiger partial charge in [0.2, 0.25) is 5.91 Å². The molecule has 1 heterocycles. The molecule has 0 aromatic rings. The molecule has 0 radical (unpaired) electrons. The molecule has 1 aliphatic heterocycles. The van der Waals surface area contributed by atoms with E-state index in [0.29, 0.717) is 13.0 Å². The van der Waals surface area contributed by atoms with Crippen molar-refractivity contribution in [2.24, 2.45) is 5.92 Å². The molecule has 0 unspecified atom stereocenters. The smallest absolute Gasteiger partial charge is 0.328 e. The Morgan fingerprint density at radius 1 is 1.44 bits per heavy atom. The van der Waals surface area contributed by atoms with Crippen molar-refractivity contribution in [3.63, 3.8) is 0 Å². The lowest BCUT2D eigenvalue weighted by Gasteiger charge is -2.26. The van der Waals surface area contributed by atoms with Crippen LogP contribution in [0.1, 0.15) is 26.2 Å². The number of methoxy groups -OCH3 is 1. The molecular formula is C12H19NO5. The van der Waals surface area contributed by atoms with Gasteiger partial charge in [-0.15, -0.1) is 0 Å². The van der Waals surface area contributed by atoms with Crippen LogP contribution in [0, 0.1) is 5.92 Å². The SMILES string of the molecule is COC(=O)[C@@H]1CCCN1C(=O)[C@@H](CO)CC(C)=O. The van der Waals surface area contributed by atoms with E-state index >= 15 is 0 Å². The fraction of sp³-hybridized carbons (Fsp3) is 0.750. The number of esters is 1. The molecule has 6 nitrogen and oxygen atoms in total. The minimum absolute atomic E-state index is 0.000272. The predicted octanol–water partition coefficient (Wildman–Crippen LogP) is -0.262. The first-order chi connectivity index (χ1) is 8.51. The summed E-state index contributed by atoms with van der Waals surface area (Å²) in [5, 5.41) is 9.17. The molecule has 1 aliphatic rings. The van der Waals surface area contributed by atoms with Crippen molar-refractivity contribution < 1.29 is 24.2 Å². The number of ether oxygens (including phenoxy) is 1. The maximum absolute atomic E-state index is 12.1. The van der Waals surface area contributed by atoms with Crippen molar-refractivity contribution in [2.75, 3.05) is 20.3 Å². The summed E-state index contributed by atoms with van der Waals surface area (Å²) < 4.78 is 4.65. The summed E-state index contributed by atoms with van der Waals surface area (Å²) in [4.78, 5) is 36.1. The van der Waals surface area contributed by atoms with Crippen molar-refractivity contribution in [3.8, 4) is 0 Å². The van der Waals surface area contributed by atoms with E-state index in [0.717, 1.165) is 6.42 Å². The van der Waals surface area contributed by atoms with E-state index in [1.165, 1.54) is 18.9 Å². The van der Waals surface area contributed by atoms with E-state index in [4.69, 9.17) is 0 Å². The molecule has 1 amide bonds. The molecule has 0 spiro atoms. The van der Waals surface area contributed by atoms with Crippen LogP contribution in [0.5, 0.6) is 0 Å². The molecule has 1 fully saturated rings. The van der Waals surface area contributed by atoms with Crippen LogP contribution >= 0.6 is 0 Å². The average molecular weight is 257 g/mol. The summed E-state index contributed by atoms with van der Waals surface area (Å²) >= 11 is 0. The highest BCUT2D eigenvalue weighted by Gasteiger charge is 2.37. The Morgan fingerprint density at radius 3 is 2.61 bits per heavy atom. The van der Waals surface area contributed by atoms with Gasteiger partial charge < -0.3 is 19.5 Å². The second-order valence-corrected chi connectivity index (χ2v) is 4.50. The molecule has 1 N–H and O–H groups in total. The summed E-state index contributed by atoms with van der Waals surface area (Å²) in [6.07, 6.45) is 1.29. The largest absolute Gasteiger partial charge is 0.467 e. The van der Waals surface area contributed by atoms with Gasteiger partial charge >= 0.3 is 5.97 Å². The Morgan fingerprint density at radius 2 is 2.11 bits per heavy atom. The third-order valence-corrected chi connectivity index (χ3v) is 3.11. The lowest BCUT2D eigenvalue weighted by atomic mass is 10.0. The van der Waals surface area contributed by atoms with E-state index in [1.807, 2.05) is 0 Å². The minimum atomic E-state index is -0.757. The van der Waals surface area contributed by atoms with Crippen molar-refractivity contribution >= 4 is 17.7 Å². The fourth-order valence-corrected chi connectivity index (χ4v) is 2.22. The summed E-state index contributed by atoms with van der Waals surface area (Å²) in [5.41, 5.74) is 0. The van der Waals surface area contributed by atoms with Gasteiger partial charge in [0.25, 0.3) is 0 Å². The Labute approximate surface area is 106 Å². The van der Waals surface area contributed by atoms with Crippen LogP contribution in [0.25, 0.3) is 0 Å². The number of aliphatic hydroxyl groups is 1. The van der Waals surface area contributed by atoms with Gasteiger partial charge in [0.05, 0.1) is 19.6 Å². The van der Waals surface area contributed by atoms with Crippen molar-refractivity contribution in [3.05, 3.63) is 0 Å². The second-order valence-electron chi connectivity index (χ2n) is 4.50. The van der Waals surface area contributed by atoms with Crippen LogP contribution in [-0.4, -0.2) is 54.0 Å². The van der Waals surface area contributed by atoms with Crippen molar-refractivity contribution in [2.45, 2.75) is 32.2 Å². The van der Waals surface area contributed by atoms with Gasteiger partial charge in [-0.3, -0.25) is 4.79 Å². The molecule has 2 atom stereocenters. The Kier molecular flexibility index (Phi) is 5.27. The average Bonchev–Trinajstić information content (AvgIpc) is 2.82. The molecule has 0 saturated carbocycles. The highest BCUT2D eigenvalue weighted by atomic mass is 16.5. The van der Waals surface area contributed by atoms with Gasteiger partial charge in [-0.2, -0.15) is 0 Å². The maximum atomic E-state index is 12.1. The van der Waals surface area contributed by atoms with Crippen molar-refractivity contribution in [1.29, 1.82) is 0 Å². The van der Waals surface area contributed by atoms with Gasteiger partial charge in [-0.1, -0.05) is 0 Å². The van der Waals surface area contributed by atoms with Gasteiger partial charge in [-0.05, 0) is 19.8 Å². The van der Waals surface area contributed by atoms with Gasteiger partial charge in [0, 0.05) is 13.0 Å². The third-order valence-electron chi connectivity index (χ3n) is 3.11. The fourth-order valence-electron chi connectivity index (χ4n) is 2.22. The monoisotopic (exact) mass is 257 g/mol. The topological polar surface area (TPSA) is 83.9 Å². The van der Waals surface area contributed by atoms with Crippen LogP contribution in [0.4, 0.5) is 0 Å². The normalized spacial score (nSPS) is 20.6. The Balaban J connectivity index is 2.74. The van der Waals surface area contributed by atoms with E-state index < -0.39 is 17.9 Å². The molecule has 6 heteroatoms. The zero-order valence-electron chi connectivity index (χ0n) is 10.7. The minimum Gasteiger partial charge on any atom is -0.467 e. The number of hydrogen-bond donors (Lipinski definition) is 1. The number of ketones is 1. The highest BCUT2D eigenvalue weighted by Crippen LogP contribution is 2.22. The summed E-state index contributed by atoms with van der Waals surface area (Å²) in [5.74, 6) is -1.70. The summed E-state index contributed by atoms with van der Waals surface area (Å²) in [6, 6.07) is -0.580. The standard InChI is InChI=1S/C12H19NO5/c1-8(15)6-9(7-14)11(16)13-5-3-4-10(13)12(17)18-2/h9-10,14H,3-7H2,1-2H3/t9-,10+/m1/s1. The molecule has 0 aromatic carbocycles. The lowest BCUT2D eigenvalue weighted by Crippen LogP contribution is -2.45. The quantitative estimate of drug-likeness (QED) is 0.686. The Bertz CT molecular complexity index is 341. The van der Waals surface area contributed by atoms with E-state index in [1.54, 1.807) is 0 Å². The maximum Gasteiger partial charge on any atom is 0.328 e. The van der Waals surface area contributed by atoms with Gasteiger partial charge in [0.15, 0.2) is 0 Å². The van der Waals surface area contributed by atoms with Crippen LogP contribution in [-0.2, 0) is 19.1 Å². The zero-order valence-corrected chi connectivity index (χ0v) is 10.7. The molecule has 18 heavy (non-hydrogen) atoms. The second kappa shape index (κ2) is 6.49. The predicted molar refractivity (Wildman–Crippen MR) is 62.6 cm³/mol. The van der Waals surface area contributed by atoms with Crippen LogP contribution in [0.15, 0.2) is 0 Å². The number of carbonyl (C=O) groups excluding carboxylic acids is 3. The molecule has 0 bridgehead atoms. The number of Topliss-reactive ketones (excluding diaryl/α,β-unsaturated/α-hetero) is 1. The molecular weight excluding hydrogens is 238 g/mol. The zero-order chi connectivity index (χ0) is 13.7. The first kappa shape index (κ1) is 14.6. The molecule has 1 rings (SSSR count). The number of aliphatic hydroxyl groups excluding tert-OH is 1. The molecule has 0 aromatic heterocycles. The number of amides is 1. The van der Waals surface area contributed by atoms with E-state index in [-0.39, 0.29) is 24.7 Å². The molecule has 0 aliphatic carbocycles. The summed E-state index contributed by atoms with van der Waals surface area (Å²) in [7, 11) is 1.28. The number of carbonyl (C=O) groups is 3. The molecule has 102 valence electrons. The third kappa shape index (κ3) is 3.29. The van der Waals surface area contributed by atoms with E-state index in [9.17, 15) is 19.5 Å². The van der Waals surface area contributed by atoms with Gasteiger partial charge in [-0.25, -0.2) is 4.79 Å². The van der Waals surface area contributed by atoms with Gasteiger partial charge in [0.1, 0.15) is 11.8 Å². The summed E-state index contributed by atoms with van der Waals surface area (Å²) in [6.45, 7) is 1.45. The van der Waals surface area contributed by atoms with Crippen LogP contribution in [0.2, 0.25) is 0 Å². The first-order valence-corrected chi connectivity index (χ1v) is 5.99. The van der Waals surface area contributed by atoms with Crippen molar-refractivity contribution in [1.82, 2.24) is 4.90 Å². The van der Waals surface area contributed by atoms with E-state index in [2.05, 4.69) is 4.74 Å². The molecule has 1 saturated heterocycles. The number of hydrogen-bond acceptors (Lipinski definition) is 5. The number of nitrogens with zero attached hydrogens (tertiary/aromatic N) is 1. The first-order valence-electron chi connectivity index (χ1n) is 5.99.